The molecular formula is C22H14ClF3N2O. The van der Waals surface area contributed by atoms with Crippen LogP contribution in [0.3, 0.4) is 0 Å². The van der Waals surface area contributed by atoms with Gasteiger partial charge in [0.25, 0.3) is 0 Å². The first kappa shape index (κ1) is 18.1. The third kappa shape index (κ3) is 3.13. The molecule has 2 aliphatic heterocycles. The van der Waals surface area contributed by atoms with E-state index in [1.165, 1.54) is 18.2 Å². The summed E-state index contributed by atoms with van der Waals surface area (Å²) in [4.78, 5) is 0. The standard InChI is InChI=1S/C22H14ClF3N2O/c23-14-4-8-21-16(10-14)20-11-19(12-1-5-15(24)6-2-12)27-28(20)22(29-21)13-3-7-17(25)18(26)9-13/h1-10,20,22H,11H2/t20-,22-/m1/s1. The summed E-state index contributed by atoms with van der Waals surface area (Å²) in [5.41, 5.74) is 2.84. The number of fused-ring (bicyclic) bond motifs is 3. The average molecular weight is 415 g/mol. The molecule has 0 unspecified atom stereocenters. The number of nitrogens with zero attached hydrogens (tertiary/aromatic N) is 2. The van der Waals surface area contributed by atoms with Gasteiger partial charge in [-0.2, -0.15) is 5.10 Å². The van der Waals surface area contributed by atoms with E-state index in [1.807, 2.05) is 6.07 Å². The highest BCUT2D eigenvalue weighted by molar-refractivity contribution is 6.30. The molecule has 7 heteroatoms. The topological polar surface area (TPSA) is 24.8 Å². The number of hydrogen-bond donors (Lipinski definition) is 0. The van der Waals surface area contributed by atoms with Crippen LogP contribution in [0.25, 0.3) is 0 Å². The first-order chi connectivity index (χ1) is 14.0. The van der Waals surface area contributed by atoms with Crippen LogP contribution < -0.4 is 4.74 Å². The van der Waals surface area contributed by atoms with Gasteiger partial charge in [-0.15, -0.1) is 0 Å². The molecule has 0 N–H and O–H groups in total. The molecule has 0 spiro atoms. The number of benzene rings is 3. The molecule has 2 heterocycles. The zero-order chi connectivity index (χ0) is 20.1. The van der Waals surface area contributed by atoms with Crippen molar-refractivity contribution in [2.75, 3.05) is 0 Å². The van der Waals surface area contributed by atoms with E-state index < -0.39 is 17.9 Å². The predicted octanol–water partition coefficient (Wildman–Crippen LogP) is 6.00. The minimum Gasteiger partial charge on any atom is -0.464 e. The van der Waals surface area contributed by atoms with E-state index in [0.717, 1.165) is 29.0 Å². The molecule has 2 atom stereocenters. The fraction of sp³-hybridized carbons (Fsp3) is 0.136. The van der Waals surface area contributed by atoms with Gasteiger partial charge in [0.2, 0.25) is 6.23 Å². The summed E-state index contributed by atoms with van der Waals surface area (Å²) in [5.74, 6) is -1.59. The van der Waals surface area contributed by atoms with Crippen LogP contribution >= 0.6 is 11.6 Å². The maximum atomic E-state index is 13.9. The van der Waals surface area contributed by atoms with E-state index in [4.69, 9.17) is 21.4 Å². The Labute approximate surface area is 170 Å². The largest absolute Gasteiger partial charge is 0.464 e. The molecule has 0 aliphatic carbocycles. The molecule has 0 saturated heterocycles. The van der Waals surface area contributed by atoms with E-state index in [2.05, 4.69) is 0 Å². The van der Waals surface area contributed by atoms with Gasteiger partial charge in [0.05, 0.1) is 11.8 Å². The molecule has 3 aromatic rings. The second-order valence-corrected chi connectivity index (χ2v) is 7.42. The van der Waals surface area contributed by atoms with Crippen molar-refractivity contribution in [2.45, 2.75) is 18.7 Å². The third-order valence-corrected chi connectivity index (χ3v) is 5.39. The van der Waals surface area contributed by atoms with Crippen LogP contribution in [0, 0.1) is 17.5 Å². The van der Waals surface area contributed by atoms with Gasteiger partial charge in [-0.1, -0.05) is 29.8 Å². The number of halogens is 4. The maximum Gasteiger partial charge on any atom is 0.213 e. The molecule has 2 aliphatic rings. The average Bonchev–Trinajstić information content (AvgIpc) is 3.16. The number of hydrazone groups is 1. The smallest absolute Gasteiger partial charge is 0.213 e. The number of rotatable bonds is 2. The van der Waals surface area contributed by atoms with Gasteiger partial charge >= 0.3 is 0 Å². The van der Waals surface area contributed by atoms with Gasteiger partial charge < -0.3 is 4.74 Å². The number of hydrogen-bond acceptors (Lipinski definition) is 3. The molecule has 146 valence electrons. The van der Waals surface area contributed by atoms with Crippen LogP contribution in [0.5, 0.6) is 5.75 Å². The Hall–Kier alpha value is -2.99. The predicted molar refractivity (Wildman–Crippen MR) is 103 cm³/mol. The Kier molecular flexibility index (Phi) is 4.24. The summed E-state index contributed by atoms with van der Waals surface area (Å²) in [6, 6.07) is 14.9. The molecule has 0 amide bonds. The Bertz CT molecular complexity index is 1130. The summed E-state index contributed by atoms with van der Waals surface area (Å²) >= 11 is 6.19. The van der Waals surface area contributed by atoms with Crippen molar-refractivity contribution in [1.82, 2.24) is 5.01 Å². The summed E-state index contributed by atoms with van der Waals surface area (Å²) in [5, 5.41) is 6.98. The lowest BCUT2D eigenvalue weighted by molar-refractivity contribution is -0.0192. The van der Waals surface area contributed by atoms with E-state index in [0.29, 0.717) is 22.8 Å². The third-order valence-electron chi connectivity index (χ3n) is 5.16. The molecule has 5 rings (SSSR count). The van der Waals surface area contributed by atoms with Gasteiger partial charge in [-0.3, -0.25) is 0 Å². The van der Waals surface area contributed by atoms with Crippen LogP contribution in [0.4, 0.5) is 13.2 Å². The molecule has 3 aromatic carbocycles. The molecular weight excluding hydrogens is 401 g/mol. The molecule has 0 radical (unpaired) electrons. The highest BCUT2D eigenvalue weighted by Crippen LogP contribution is 2.48. The van der Waals surface area contributed by atoms with Crippen LogP contribution in [0.2, 0.25) is 5.02 Å². The highest BCUT2D eigenvalue weighted by atomic mass is 35.5. The fourth-order valence-electron chi connectivity index (χ4n) is 3.76. The monoisotopic (exact) mass is 414 g/mol. The summed E-state index contributed by atoms with van der Waals surface area (Å²) < 4.78 is 46.7. The van der Waals surface area contributed by atoms with Gasteiger partial charge in [0.15, 0.2) is 11.6 Å². The second-order valence-electron chi connectivity index (χ2n) is 6.98. The van der Waals surface area contributed by atoms with Crippen molar-refractivity contribution >= 4 is 17.3 Å². The van der Waals surface area contributed by atoms with Crippen molar-refractivity contribution in [3.63, 3.8) is 0 Å². The van der Waals surface area contributed by atoms with Crippen LogP contribution in [-0.4, -0.2) is 10.7 Å². The molecule has 0 saturated carbocycles. The van der Waals surface area contributed by atoms with Crippen molar-refractivity contribution in [1.29, 1.82) is 0 Å². The van der Waals surface area contributed by atoms with E-state index >= 15 is 0 Å². The van der Waals surface area contributed by atoms with Crippen molar-refractivity contribution in [3.05, 3.63) is 99.8 Å². The molecule has 0 aromatic heterocycles. The lowest BCUT2D eigenvalue weighted by atomic mass is 9.96. The Balaban J connectivity index is 1.61. The normalized spacial score (nSPS) is 20.0. The second kappa shape index (κ2) is 6.81. The minimum absolute atomic E-state index is 0.199. The first-order valence-corrected chi connectivity index (χ1v) is 9.40. The van der Waals surface area contributed by atoms with Crippen LogP contribution in [-0.2, 0) is 0 Å². The van der Waals surface area contributed by atoms with Gasteiger partial charge in [0, 0.05) is 22.6 Å². The Morgan fingerprint density at radius 3 is 2.48 bits per heavy atom. The number of ether oxygens (including phenoxy) is 1. The van der Waals surface area contributed by atoms with Gasteiger partial charge in [0.1, 0.15) is 11.6 Å². The molecule has 0 bridgehead atoms. The summed E-state index contributed by atoms with van der Waals surface area (Å²) in [6.45, 7) is 0. The maximum absolute atomic E-state index is 13.9. The van der Waals surface area contributed by atoms with E-state index in [9.17, 15) is 13.2 Å². The summed E-state index contributed by atoms with van der Waals surface area (Å²) in [7, 11) is 0. The lowest BCUT2D eigenvalue weighted by Gasteiger charge is -2.38. The van der Waals surface area contributed by atoms with Crippen molar-refractivity contribution < 1.29 is 17.9 Å². The zero-order valence-electron chi connectivity index (χ0n) is 14.9. The van der Waals surface area contributed by atoms with Crippen LogP contribution in [0.1, 0.15) is 35.4 Å². The lowest BCUT2D eigenvalue weighted by Crippen LogP contribution is -2.33. The van der Waals surface area contributed by atoms with Crippen LogP contribution in [0.15, 0.2) is 65.8 Å². The van der Waals surface area contributed by atoms with Gasteiger partial charge in [-0.05, 0) is 48.0 Å². The quantitative estimate of drug-likeness (QED) is 0.513. The van der Waals surface area contributed by atoms with E-state index in [1.54, 1.807) is 29.3 Å². The highest BCUT2D eigenvalue weighted by Gasteiger charge is 2.41. The summed E-state index contributed by atoms with van der Waals surface area (Å²) in [6.07, 6.45) is -0.190. The SMILES string of the molecule is Fc1ccc(C2=NN3[C@H](C2)c2cc(Cl)ccc2O[C@@H]3c2ccc(F)c(F)c2)cc1. The Morgan fingerprint density at radius 1 is 0.931 bits per heavy atom. The zero-order valence-corrected chi connectivity index (χ0v) is 15.7. The first-order valence-electron chi connectivity index (χ1n) is 9.02. The molecule has 3 nitrogen and oxygen atoms in total. The minimum atomic E-state index is -0.952. The Morgan fingerprint density at radius 2 is 1.72 bits per heavy atom. The van der Waals surface area contributed by atoms with Crippen molar-refractivity contribution in [3.8, 4) is 5.75 Å². The molecule has 0 fully saturated rings. The molecule has 29 heavy (non-hydrogen) atoms. The fourth-order valence-corrected chi connectivity index (χ4v) is 3.94. The van der Waals surface area contributed by atoms with Gasteiger partial charge in [-0.25, -0.2) is 18.2 Å². The van der Waals surface area contributed by atoms with E-state index in [-0.39, 0.29) is 11.9 Å². The van der Waals surface area contributed by atoms with Crippen molar-refractivity contribution in [2.24, 2.45) is 5.10 Å².